The number of nitrogens with zero attached hydrogens (tertiary/aromatic N) is 2. The van der Waals surface area contributed by atoms with E-state index in [9.17, 15) is 9.59 Å². The Morgan fingerprint density at radius 3 is 2.26 bits per heavy atom. The number of halogens is 1. The van der Waals surface area contributed by atoms with Gasteiger partial charge in [-0.1, -0.05) is 46.3 Å². The molecule has 7 heteroatoms. The lowest BCUT2D eigenvalue weighted by molar-refractivity contribution is -0.115. The normalized spacial score (nSPS) is 15.3. The van der Waals surface area contributed by atoms with Gasteiger partial charge in [0.2, 0.25) is 5.91 Å². The zero-order chi connectivity index (χ0) is 24.2. The van der Waals surface area contributed by atoms with Crippen LogP contribution in [0.2, 0.25) is 0 Å². The number of ether oxygens (including phenoxy) is 1. The van der Waals surface area contributed by atoms with Gasteiger partial charge >= 0.3 is 5.97 Å². The Hall–Kier alpha value is -3.29. The second kappa shape index (κ2) is 10.3. The topological polar surface area (TPSA) is 71.0 Å². The predicted octanol–water partition coefficient (Wildman–Crippen LogP) is 5.70. The van der Waals surface area contributed by atoms with Gasteiger partial charge in [0.05, 0.1) is 18.4 Å². The van der Waals surface area contributed by atoms with Gasteiger partial charge in [-0.05, 0) is 67.1 Å². The maximum Gasteiger partial charge on any atom is 0.337 e. The molecule has 1 aliphatic heterocycles. The van der Waals surface area contributed by atoms with Gasteiger partial charge in [0.15, 0.2) is 0 Å². The Bertz CT molecular complexity index is 1240. The molecule has 0 radical (unpaired) electrons. The summed E-state index contributed by atoms with van der Waals surface area (Å²) in [6.07, 6.45) is 0. The summed E-state index contributed by atoms with van der Waals surface area (Å²) in [5, 5.41) is 2.85. The summed E-state index contributed by atoms with van der Waals surface area (Å²) in [5.74, 6) is -1.07. The molecule has 174 valence electrons. The van der Waals surface area contributed by atoms with E-state index < -0.39 is 11.9 Å². The van der Waals surface area contributed by atoms with Gasteiger partial charge < -0.3 is 10.1 Å². The number of esters is 1. The van der Waals surface area contributed by atoms with E-state index in [0.29, 0.717) is 17.0 Å². The fraction of sp³-hybridized carbons (Fsp3) is 0.222. The molecule has 0 spiro atoms. The number of carbonyl (C=O) groups excluding carboxylic acids is 2. The number of amides is 1. The van der Waals surface area contributed by atoms with Crippen molar-refractivity contribution in [3.05, 3.63) is 93.5 Å². The van der Waals surface area contributed by atoms with Crippen LogP contribution in [0.25, 0.3) is 0 Å². The van der Waals surface area contributed by atoms with Crippen LogP contribution in [0.1, 0.15) is 39.9 Å². The van der Waals surface area contributed by atoms with Crippen molar-refractivity contribution in [2.75, 3.05) is 19.5 Å². The van der Waals surface area contributed by atoms with Crippen LogP contribution in [-0.4, -0.2) is 36.6 Å². The molecule has 34 heavy (non-hydrogen) atoms. The van der Waals surface area contributed by atoms with E-state index in [-0.39, 0.29) is 5.91 Å². The van der Waals surface area contributed by atoms with Crippen LogP contribution in [0.4, 0.5) is 11.4 Å². The van der Waals surface area contributed by atoms with Crippen LogP contribution in [0.15, 0.2) is 76.2 Å². The van der Waals surface area contributed by atoms with E-state index in [0.717, 1.165) is 28.8 Å². The van der Waals surface area contributed by atoms with Crippen molar-refractivity contribution in [3.8, 4) is 0 Å². The molecular formula is C27H26BrN3O3. The number of carbonyl (C=O) groups is 2. The first-order chi connectivity index (χ1) is 16.3. The first-order valence-corrected chi connectivity index (χ1v) is 11.7. The van der Waals surface area contributed by atoms with Gasteiger partial charge in [0.25, 0.3) is 0 Å². The molecule has 1 unspecified atom stereocenters. The number of fused-ring (bicyclic) bond motifs is 1. The molecule has 1 amide bonds. The number of nitrogens with one attached hydrogen (secondary N) is 1. The summed E-state index contributed by atoms with van der Waals surface area (Å²) in [7, 11) is 3.43. The summed E-state index contributed by atoms with van der Waals surface area (Å²) < 4.78 is 5.84. The van der Waals surface area contributed by atoms with E-state index in [1.165, 1.54) is 18.2 Å². The average Bonchev–Trinajstić information content (AvgIpc) is 3.16. The third kappa shape index (κ3) is 5.43. The highest BCUT2D eigenvalue weighted by molar-refractivity contribution is 9.10. The summed E-state index contributed by atoms with van der Waals surface area (Å²) in [4.78, 5) is 31.4. The van der Waals surface area contributed by atoms with E-state index in [1.54, 1.807) is 18.2 Å². The smallest absolute Gasteiger partial charge is 0.337 e. The standard InChI is InChI=1S/C27H26BrN3O3/c1-17(25-23-13-8-20(27(33)34-3)14-24(23)30-26(25)32)29-22-11-6-19(7-12-22)16-31(2)15-18-4-9-21(28)10-5-18/h4-14,25H,15-16H2,1-3H3,(H,30,32). The third-order valence-electron chi connectivity index (χ3n) is 5.78. The second-order valence-corrected chi connectivity index (χ2v) is 9.35. The van der Waals surface area contributed by atoms with Gasteiger partial charge in [-0.25, -0.2) is 4.79 Å². The van der Waals surface area contributed by atoms with E-state index in [1.807, 2.05) is 19.1 Å². The number of hydrogen-bond acceptors (Lipinski definition) is 5. The lowest BCUT2D eigenvalue weighted by atomic mass is 9.95. The first kappa shape index (κ1) is 23.9. The number of hydrogen-bond donors (Lipinski definition) is 1. The molecule has 0 saturated heterocycles. The third-order valence-corrected chi connectivity index (χ3v) is 6.31. The quantitative estimate of drug-likeness (QED) is 0.321. The van der Waals surface area contributed by atoms with Crippen molar-refractivity contribution in [2.24, 2.45) is 4.99 Å². The van der Waals surface area contributed by atoms with Crippen molar-refractivity contribution in [1.29, 1.82) is 0 Å². The van der Waals surface area contributed by atoms with E-state index >= 15 is 0 Å². The molecule has 1 atom stereocenters. The highest BCUT2D eigenvalue weighted by Crippen LogP contribution is 2.35. The minimum Gasteiger partial charge on any atom is -0.465 e. The molecule has 1 aliphatic rings. The van der Waals surface area contributed by atoms with Crippen LogP contribution in [0.5, 0.6) is 0 Å². The molecule has 3 aromatic rings. The van der Waals surface area contributed by atoms with Gasteiger partial charge in [0, 0.05) is 29.0 Å². The van der Waals surface area contributed by atoms with Gasteiger partial charge in [-0.2, -0.15) is 0 Å². The molecule has 4 rings (SSSR count). The van der Waals surface area contributed by atoms with E-state index in [2.05, 4.69) is 69.6 Å². The number of methoxy groups -OCH3 is 1. The number of benzene rings is 3. The first-order valence-electron chi connectivity index (χ1n) is 10.9. The Kier molecular flexibility index (Phi) is 7.24. The lowest BCUT2D eigenvalue weighted by Crippen LogP contribution is -2.18. The molecule has 0 saturated carbocycles. The van der Waals surface area contributed by atoms with Crippen LogP contribution in [0.3, 0.4) is 0 Å². The Morgan fingerprint density at radius 2 is 1.65 bits per heavy atom. The van der Waals surface area contributed by atoms with Crippen molar-refractivity contribution < 1.29 is 14.3 Å². The SMILES string of the molecule is COC(=O)c1ccc2c(c1)NC(=O)C2C(C)=Nc1ccc(CN(C)Cc2ccc(Br)cc2)cc1. The average molecular weight is 520 g/mol. The molecule has 3 aromatic carbocycles. The number of rotatable bonds is 7. The lowest BCUT2D eigenvalue weighted by Gasteiger charge is -2.17. The van der Waals surface area contributed by atoms with Crippen molar-refractivity contribution in [3.63, 3.8) is 0 Å². The highest BCUT2D eigenvalue weighted by atomic mass is 79.9. The summed E-state index contributed by atoms with van der Waals surface area (Å²) in [6, 6.07) is 21.5. The van der Waals surface area contributed by atoms with Crippen molar-refractivity contribution in [1.82, 2.24) is 4.90 Å². The number of anilines is 1. The Balaban J connectivity index is 1.44. The fourth-order valence-electron chi connectivity index (χ4n) is 4.14. The van der Waals surface area contributed by atoms with Crippen LogP contribution < -0.4 is 5.32 Å². The van der Waals surface area contributed by atoms with Crippen molar-refractivity contribution >= 4 is 44.9 Å². The molecular weight excluding hydrogens is 494 g/mol. The minimum atomic E-state index is -0.488. The zero-order valence-corrected chi connectivity index (χ0v) is 20.9. The molecule has 0 aliphatic carbocycles. The molecule has 0 bridgehead atoms. The molecule has 1 N–H and O–H groups in total. The number of aliphatic imine (C=N–C) groups is 1. The van der Waals surface area contributed by atoms with Crippen LogP contribution in [0, 0.1) is 0 Å². The largest absolute Gasteiger partial charge is 0.465 e. The Labute approximate surface area is 207 Å². The monoisotopic (exact) mass is 519 g/mol. The van der Waals surface area contributed by atoms with Crippen molar-refractivity contribution in [2.45, 2.75) is 25.9 Å². The summed E-state index contributed by atoms with van der Waals surface area (Å²) in [5.41, 5.74) is 5.78. The molecule has 1 heterocycles. The zero-order valence-electron chi connectivity index (χ0n) is 19.3. The van der Waals surface area contributed by atoms with Crippen LogP contribution >= 0.6 is 15.9 Å². The molecule has 0 aromatic heterocycles. The van der Waals surface area contributed by atoms with Gasteiger partial charge in [-0.3, -0.25) is 14.7 Å². The molecule has 6 nitrogen and oxygen atoms in total. The Morgan fingerprint density at radius 1 is 1.03 bits per heavy atom. The predicted molar refractivity (Wildman–Crippen MR) is 138 cm³/mol. The summed E-state index contributed by atoms with van der Waals surface area (Å²) in [6.45, 7) is 3.54. The van der Waals surface area contributed by atoms with Gasteiger partial charge in [-0.15, -0.1) is 0 Å². The maximum absolute atomic E-state index is 12.6. The summed E-state index contributed by atoms with van der Waals surface area (Å²) >= 11 is 3.47. The second-order valence-electron chi connectivity index (χ2n) is 8.43. The van der Waals surface area contributed by atoms with E-state index in [4.69, 9.17) is 9.73 Å². The van der Waals surface area contributed by atoms with Crippen LogP contribution in [-0.2, 0) is 22.6 Å². The highest BCUT2D eigenvalue weighted by Gasteiger charge is 2.33. The van der Waals surface area contributed by atoms with Gasteiger partial charge in [0.1, 0.15) is 5.92 Å². The fourth-order valence-corrected chi connectivity index (χ4v) is 4.40. The maximum atomic E-state index is 12.6. The minimum absolute atomic E-state index is 0.149. The molecule has 0 fully saturated rings.